The van der Waals surface area contributed by atoms with E-state index < -0.39 is 0 Å². The quantitative estimate of drug-likeness (QED) is 0.512. The van der Waals surface area contributed by atoms with Gasteiger partial charge in [0.05, 0.1) is 29.7 Å². The number of hydrogen-bond donors (Lipinski definition) is 0. The third kappa shape index (κ3) is 2.74. The van der Waals surface area contributed by atoms with E-state index in [1.807, 2.05) is 63.8 Å². The third-order valence-electron chi connectivity index (χ3n) is 5.05. The number of aromatic nitrogens is 5. The van der Waals surface area contributed by atoms with Crippen LogP contribution in [0.1, 0.15) is 40.3 Å². The van der Waals surface area contributed by atoms with Crippen LogP contribution >= 0.6 is 0 Å². The van der Waals surface area contributed by atoms with Gasteiger partial charge < -0.3 is 0 Å². The Kier molecular flexibility index (Phi) is 3.71. The Morgan fingerprint density at radius 2 is 1.96 bits per heavy atom. The van der Waals surface area contributed by atoms with Gasteiger partial charge in [-0.1, -0.05) is 6.07 Å². The van der Waals surface area contributed by atoms with Crippen molar-refractivity contribution in [2.24, 2.45) is 5.10 Å². The molecule has 8 nitrogen and oxygen atoms in total. The summed E-state index contributed by atoms with van der Waals surface area (Å²) in [5.41, 5.74) is 5.18. The van der Waals surface area contributed by atoms with Crippen LogP contribution in [0.15, 0.2) is 48.0 Å². The van der Waals surface area contributed by atoms with Gasteiger partial charge >= 0.3 is 0 Å². The molecule has 0 spiro atoms. The minimum absolute atomic E-state index is 0.00560. The highest BCUT2D eigenvalue weighted by Gasteiger charge is 2.19. The van der Waals surface area contributed by atoms with Crippen LogP contribution in [0.2, 0.25) is 0 Å². The topological polar surface area (TPSA) is 80.2 Å². The van der Waals surface area contributed by atoms with Crippen LogP contribution in [0, 0.1) is 0 Å². The summed E-state index contributed by atoms with van der Waals surface area (Å²) in [4.78, 5) is 20.6. The largest absolute Gasteiger partial charge is 0.299 e. The van der Waals surface area contributed by atoms with E-state index in [9.17, 15) is 4.79 Å². The number of likely N-dealkylation sites (N-methyl/N-ethyl adjacent to an activating group) is 1. The molecule has 0 fully saturated rings. The maximum Gasteiger partial charge on any atom is 0.178 e. The van der Waals surface area contributed by atoms with Crippen molar-refractivity contribution < 1.29 is 4.79 Å². The van der Waals surface area contributed by atoms with Gasteiger partial charge in [-0.15, -0.1) is 0 Å². The summed E-state index contributed by atoms with van der Waals surface area (Å²) >= 11 is 0. The average Bonchev–Trinajstić information content (AvgIpc) is 3.40. The number of pyridine rings is 1. The monoisotopic (exact) mass is 373 g/mol. The molecule has 0 aliphatic carbocycles. The van der Waals surface area contributed by atoms with Gasteiger partial charge in [0.1, 0.15) is 11.3 Å². The summed E-state index contributed by atoms with van der Waals surface area (Å²) in [6.07, 6.45) is 8.01. The minimum Gasteiger partial charge on any atom is -0.299 e. The van der Waals surface area contributed by atoms with Crippen LogP contribution in [0.5, 0.6) is 0 Å². The highest BCUT2D eigenvalue weighted by Crippen LogP contribution is 2.19. The second kappa shape index (κ2) is 6.26. The fraction of sp³-hybridized carbons (Fsp3) is 0.250. The normalized spacial score (nSPS) is 16.5. The van der Waals surface area contributed by atoms with Gasteiger partial charge in [-0.25, -0.2) is 14.5 Å². The van der Waals surface area contributed by atoms with Gasteiger partial charge in [0.25, 0.3) is 0 Å². The second-order valence-corrected chi connectivity index (χ2v) is 7.13. The Morgan fingerprint density at radius 1 is 1.14 bits per heavy atom. The Labute approximate surface area is 161 Å². The zero-order chi connectivity index (χ0) is 19.3. The van der Waals surface area contributed by atoms with Gasteiger partial charge in [-0.2, -0.15) is 10.2 Å². The number of imidazole rings is 2. The first kappa shape index (κ1) is 16.6. The van der Waals surface area contributed by atoms with Crippen LogP contribution in [0.3, 0.4) is 0 Å². The Balaban J connectivity index is 1.51. The molecule has 1 aliphatic heterocycles. The van der Waals surface area contributed by atoms with E-state index in [4.69, 9.17) is 5.10 Å². The molecule has 28 heavy (non-hydrogen) atoms. The number of hydrazone groups is 1. The third-order valence-corrected chi connectivity index (χ3v) is 5.05. The van der Waals surface area contributed by atoms with Crippen molar-refractivity contribution in [3.8, 4) is 0 Å². The summed E-state index contributed by atoms with van der Waals surface area (Å²) in [5, 5.41) is 11.0. The van der Waals surface area contributed by atoms with Gasteiger partial charge in [-0.3, -0.25) is 14.2 Å². The van der Waals surface area contributed by atoms with Crippen molar-refractivity contribution in [3.63, 3.8) is 0 Å². The number of carbonyl (C=O) groups excluding carboxylic acids is 1. The number of Topliss-reactive ketones (excluding diaryl/α,β-unsaturated/α-hetero) is 1. The lowest BCUT2D eigenvalue weighted by Crippen LogP contribution is -2.14. The van der Waals surface area contributed by atoms with Crippen molar-refractivity contribution in [1.82, 2.24) is 29.0 Å². The molecule has 8 heteroatoms. The predicted molar refractivity (Wildman–Crippen MR) is 105 cm³/mol. The standard InChI is InChI=1S/C20H19N7O/c1-13(28)18-10-22-19-5-3-14(11-26(18)19)7-16-9-21-20-6-4-17(24-27(16)20)15-8-23-25(2)12-15/h3-6,8-11,15H,7,12H2,1-2H3. The van der Waals surface area contributed by atoms with E-state index in [1.165, 1.54) is 0 Å². The van der Waals surface area contributed by atoms with E-state index in [-0.39, 0.29) is 11.7 Å². The van der Waals surface area contributed by atoms with E-state index in [0.29, 0.717) is 12.1 Å². The Bertz CT molecular complexity index is 1240. The lowest BCUT2D eigenvalue weighted by atomic mass is 10.1. The molecular formula is C20H19N7O. The lowest BCUT2D eigenvalue weighted by molar-refractivity contribution is 0.101. The van der Waals surface area contributed by atoms with Crippen molar-refractivity contribution in [2.75, 3.05) is 13.6 Å². The molecule has 0 bridgehead atoms. The highest BCUT2D eigenvalue weighted by molar-refractivity contribution is 5.93. The maximum absolute atomic E-state index is 11.8. The van der Waals surface area contributed by atoms with E-state index in [0.717, 1.165) is 34.8 Å². The van der Waals surface area contributed by atoms with E-state index >= 15 is 0 Å². The Morgan fingerprint density at radius 3 is 2.75 bits per heavy atom. The molecular weight excluding hydrogens is 354 g/mol. The first-order valence-corrected chi connectivity index (χ1v) is 9.14. The number of hydrogen-bond acceptors (Lipinski definition) is 6. The zero-order valence-electron chi connectivity index (χ0n) is 15.6. The van der Waals surface area contributed by atoms with Crippen LogP contribution in [0.25, 0.3) is 11.3 Å². The number of rotatable bonds is 4. The first-order valence-electron chi connectivity index (χ1n) is 9.14. The number of fused-ring (bicyclic) bond motifs is 2. The van der Waals surface area contributed by atoms with Gasteiger partial charge in [-0.05, 0) is 23.8 Å². The average molecular weight is 373 g/mol. The van der Waals surface area contributed by atoms with Gasteiger partial charge in [0.2, 0.25) is 0 Å². The molecule has 1 aliphatic rings. The molecule has 140 valence electrons. The number of carbonyl (C=O) groups is 1. The molecule has 0 amide bonds. The first-order chi connectivity index (χ1) is 13.6. The molecule has 5 rings (SSSR count). The molecule has 0 N–H and O–H groups in total. The smallest absolute Gasteiger partial charge is 0.178 e. The molecule has 4 aromatic heterocycles. The van der Waals surface area contributed by atoms with Crippen molar-refractivity contribution in [1.29, 1.82) is 0 Å². The molecule has 0 saturated carbocycles. The van der Waals surface area contributed by atoms with E-state index in [1.54, 1.807) is 13.1 Å². The molecule has 0 aromatic carbocycles. The van der Waals surface area contributed by atoms with Crippen LogP contribution in [-0.4, -0.2) is 54.6 Å². The summed E-state index contributed by atoms with van der Waals surface area (Å²) in [5.74, 6) is 0.180. The van der Waals surface area contributed by atoms with Crippen LogP contribution < -0.4 is 0 Å². The fourth-order valence-electron chi connectivity index (χ4n) is 3.60. The molecule has 0 radical (unpaired) electrons. The summed E-state index contributed by atoms with van der Waals surface area (Å²) in [6.45, 7) is 2.38. The zero-order valence-corrected chi connectivity index (χ0v) is 15.6. The lowest BCUT2D eigenvalue weighted by Gasteiger charge is -2.10. The second-order valence-electron chi connectivity index (χ2n) is 7.13. The Hall–Kier alpha value is -3.55. The summed E-state index contributed by atoms with van der Waals surface area (Å²) < 4.78 is 3.73. The van der Waals surface area contributed by atoms with Gasteiger partial charge in [0, 0.05) is 39.3 Å². The minimum atomic E-state index is -0.00560. The van der Waals surface area contributed by atoms with Crippen molar-refractivity contribution >= 4 is 23.3 Å². The van der Waals surface area contributed by atoms with Crippen molar-refractivity contribution in [2.45, 2.75) is 19.3 Å². The molecule has 4 aromatic rings. The van der Waals surface area contributed by atoms with Crippen molar-refractivity contribution in [3.05, 3.63) is 65.5 Å². The number of ketones is 1. The summed E-state index contributed by atoms with van der Waals surface area (Å²) in [6, 6.07) is 7.95. The van der Waals surface area contributed by atoms with E-state index in [2.05, 4.69) is 15.1 Å². The molecule has 1 unspecified atom stereocenters. The predicted octanol–water partition coefficient (Wildman–Crippen LogP) is 2.19. The molecule has 0 saturated heterocycles. The summed E-state index contributed by atoms with van der Waals surface area (Å²) in [7, 11) is 1.96. The maximum atomic E-state index is 11.8. The molecule has 1 atom stereocenters. The number of nitrogens with zero attached hydrogens (tertiary/aromatic N) is 7. The fourth-order valence-corrected chi connectivity index (χ4v) is 3.60. The highest BCUT2D eigenvalue weighted by atomic mass is 16.1. The van der Waals surface area contributed by atoms with Crippen LogP contribution in [-0.2, 0) is 6.42 Å². The van der Waals surface area contributed by atoms with Crippen LogP contribution in [0.4, 0.5) is 0 Å². The molecule has 5 heterocycles. The van der Waals surface area contributed by atoms with Gasteiger partial charge in [0.15, 0.2) is 11.4 Å². The SMILES string of the molecule is CC(=O)c1cnc2ccc(Cc3cnc4ccc(C5C=NN(C)C5)nn34)cn12.